The lowest BCUT2D eigenvalue weighted by Crippen LogP contribution is -1.99. The van der Waals surface area contributed by atoms with Crippen LogP contribution in [0.25, 0.3) is 0 Å². The highest BCUT2D eigenvalue weighted by Crippen LogP contribution is 2.27. The Morgan fingerprint density at radius 2 is 2.21 bits per heavy atom. The molecule has 0 bridgehead atoms. The van der Waals surface area contributed by atoms with Gasteiger partial charge in [0.1, 0.15) is 5.78 Å². The SMILES string of the molecule is CC(=O)CCc1nc2c(s1)CCCC2. The maximum atomic E-state index is 10.8. The van der Waals surface area contributed by atoms with Gasteiger partial charge in [-0.15, -0.1) is 11.3 Å². The monoisotopic (exact) mass is 209 g/mol. The summed E-state index contributed by atoms with van der Waals surface area (Å²) >= 11 is 1.81. The van der Waals surface area contributed by atoms with E-state index in [0.717, 1.165) is 17.8 Å². The van der Waals surface area contributed by atoms with Crippen molar-refractivity contribution < 1.29 is 4.79 Å². The minimum absolute atomic E-state index is 0.262. The summed E-state index contributed by atoms with van der Waals surface area (Å²) in [6, 6.07) is 0. The predicted octanol–water partition coefficient (Wildman–Crippen LogP) is 2.54. The Morgan fingerprint density at radius 3 is 2.93 bits per heavy atom. The van der Waals surface area contributed by atoms with Gasteiger partial charge in [-0.25, -0.2) is 4.98 Å². The Bertz CT molecular complexity index is 320. The smallest absolute Gasteiger partial charge is 0.130 e. The summed E-state index contributed by atoms with van der Waals surface area (Å²) in [5, 5.41) is 1.16. The summed E-state index contributed by atoms with van der Waals surface area (Å²) in [7, 11) is 0. The summed E-state index contributed by atoms with van der Waals surface area (Å²) in [4.78, 5) is 16.9. The van der Waals surface area contributed by atoms with E-state index in [1.807, 2.05) is 11.3 Å². The molecule has 14 heavy (non-hydrogen) atoms. The molecule has 0 aliphatic heterocycles. The van der Waals surface area contributed by atoms with Gasteiger partial charge in [-0.2, -0.15) is 0 Å². The number of hydrogen-bond acceptors (Lipinski definition) is 3. The fourth-order valence-electron chi connectivity index (χ4n) is 1.80. The van der Waals surface area contributed by atoms with Gasteiger partial charge in [0.15, 0.2) is 0 Å². The lowest BCUT2D eigenvalue weighted by atomic mass is 10.0. The second-order valence-corrected chi connectivity index (χ2v) is 5.05. The Hall–Kier alpha value is -0.700. The van der Waals surface area contributed by atoms with Crippen molar-refractivity contribution in [2.45, 2.75) is 45.4 Å². The summed E-state index contributed by atoms with van der Waals surface area (Å²) < 4.78 is 0. The fourth-order valence-corrected chi connectivity index (χ4v) is 2.95. The van der Waals surface area contributed by atoms with Gasteiger partial charge < -0.3 is 4.79 Å². The van der Waals surface area contributed by atoms with Gasteiger partial charge in [0.25, 0.3) is 0 Å². The minimum Gasteiger partial charge on any atom is -0.300 e. The van der Waals surface area contributed by atoms with E-state index in [4.69, 9.17) is 0 Å². The zero-order chi connectivity index (χ0) is 9.97. The van der Waals surface area contributed by atoms with Crippen LogP contribution >= 0.6 is 11.3 Å². The van der Waals surface area contributed by atoms with Crippen LogP contribution in [-0.2, 0) is 24.1 Å². The summed E-state index contributed by atoms with van der Waals surface area (Å²) in [5.41, 5.74) is 1.31. The van der Waals surface area contributed by atoms with E-state index in [1.165, 1.54) is 29.8 Å². The molecule has 1 aromatic heterocycles. The zero-order valence-corrected chi connectivity index (χ0v) is 9.32. The van der Waals surface area contributed by atoms with Crippen LogP contribution in [0.15, 0.2) is 0 Å². The fraction of sp³-hybridized carbons (Fsp3) is 0.636. The van der Waals surface area contributed by atoms with Crippen LogP contribution in [0.3, 0.4) is 0 Å². The number of nitrogens with zero attached hydrogens (tertiary/aromatic N) is 1. The van der Waals surface area contributed by atoms with Crippen molar-refractivity contribution in [1.82, 2.24) is 4.98 Å². The molecule has 0 fully saturated rings. The second-order valence-electron chi connectivity index (χ2n) is 3.89. The zero-order valence-electron chi connectivity index (χ0n) is 8.51. The summed E-state index contributed by atoms with van der Waals surface area (Å²) in [5.74, 6) is 0.262. The van der Waals surface area contributed by atoms with Gasteiger partial charge in [-0.05, 0) is 32.6 Å². The van der Waals surface area contributed by atoms with Crippen molar-refractivity contribution in [2.75, 3.05) is 0 Å². The highest BCUT2D eigenvalue weighted by atomic mass is 32.1. The van der Waals surface area contributed by atoms with E-state index in [2.05, 4.69) is 4.98 Å². The molecule has 0 atom stereocenters. The molecule has 0 aromatic carbocycles. The molecule has 1 heterocycles. The number of thiazole rings is 1. The quantitative estimate of drug-likeness (QED) is 0.765. The van der Waals surface area contributed by atoms with Crippen molar-refractivity contribution in [3.8, 4) is 0 Å². The first-order chi connectivity index (χ1) is 6.75. The Balaban J connectivity index is 2.04. The van der Waals surface area contributed by atoms with Crippen molar-refractivity contribution in [1.29, 1.82) is 0 Å². The number of rotatable bonds is 3. The molecule has 0 unspecified atom stereocenters. The number of fused-ring (bicyclic) bond motifs is 1. The van der Waals surface area contributed by atoms with Gasteiger partial charge >= 0.3 is 0 Å². The lowest BCUT2D eigenvalue weighted by Gasteiger charge is -2.06. The standard InChI is InChI=1S/C11H15NOS/c1-8(13)6-7-11-12-9-4-2-3-5-10(9)14-11/h2-7H2,1H3. The number of carbonyl (C=O) groups is 1. The average molecular weight is 209 g/mol. The third-order valence-electron chi connectivity index (χ3n) is 2.58. The Kier molecular flexibility index (Phi) is 2.96. The number of aromatic nitrogens is 1. The van der Waals surface area contributed by atoms with Crippen LogP contribution in [0.2, 0.25) is 0 Å². The largest absolute Gasteiger partial charge is 0.300 e. The molecule has 0 spiro atoms. The molecule has 0 amide bonds. The maximum Gasteiger partial charge on any atom is 0.130 e. The molecule has 1 aliphatic rings. The molecule has 1 aromatic rings. The number of Topliss-reactive ketones (excluding diaryl/α,β-unsaturated/α-hetero) is 1. The maximum absolute atomic E-state index is 10.8. The molecule has 76 valence electrons. The second kappa shape index (κ2) is 4.22. The first kappa shape index (κ1) is 9.84. The Morgan fingerprint density at radius 1 is 1.43 bits per heavy atom. The van der Waals surface area contributed by atoms with E-state index in [9.17, 15) is 4.79 Å². The average Bonchev–Trinajstić information content (AvgIpc) is 2.57. The van der Waals surface area contributed by atoms with Crippen molar-refractivity contribution in [3.63, 3.8) is 0 Å². The molecular weight excluding hydrogens is 194 g/mol. The van der Waals surface area contributed by atoms with Crippen LogP contribution in [0.4, 0.5) is 0 Å². The molecule has 0 N–H and O–H groups in total. The van der Waals surface area contributed by atoms with Gasteiger partial charge in [0, 0.05) is 17.7 Å². The van der Waals surface area contributed by atoms with Crippen molar-refractivity contribution in [3.05, 3.63) is 15.6 Å². The van der Waals surface area contributed by atoms with Gasteiger partial charge in [0.05, 0.1) is 10.7 Å². The molecular formula is C11H15NOS. The van der Waals surface area contributed by atoms with E-state index in [0.29, 0.717) is 6.42 Å². The number of aryl methyl sites for hydroxylation is 3. The topological polar surface area (TPSA) is 30.0 Å². The predicted molar refractivity (Wildman–Crippen MR) is 57.8 cm³/mol. The van der Waals surface area contributed by atoms with E-state index in [-0.39, 0.29) is 5.78 Å². The highest BCUT2D eigenvalue weighted by Gasteiger charge is 2.14. The summed E-state index contributed by atoms with van der Waals surface area (Å²) in [6.07, 6.45) is 6.42. The van der Waals surface area contributed by atoms with E-state index in [1.54, 1.807) is 6.92 Å². The third-order valence-corrected chi connectivity index (χ3v) is 3.80. The van der Waals surface area contributed by atoms with Gasteiger partial charge in [-0.1, -0.05) is 0 Å². The van der Waals surface area contributed by atoms with Crippen molar-refractivity contribution >= 4 is 17.1 Å². The van der Waals surface area contributed by atoms with Gasteiger partial charge in [-0.3, -0.25) is 0 Å². The number of carbonyl (C=O) groups excluding carboxylic acids is 1. The molecule has 1 aliphatic carbocycles. The molecule has 0 saturated carbocycles. The van der Waals surface area contributed by atoms with Crippen LogP contribution in [0, 0.1) is 0 Å². The van der Waals surface area contributed by atoms with Crippen molar-refractivity contribution in [2.24, 2.45) is 0 Å². The van der Waals surface area contributed by atoms with E-state index < -0.39 is 0 Å². The van der Waals surface area contributed by atoms with Crippen LogP contribution < -0.4 is 0 Å². The summed E-state index contributed by atoms with van der Waals surface area (Å²) in [6.45, 7) is 1.65. The lowest BCUT2D eigenvalue weighted by molar-refractivity contribution is -0.116. The molecule has 0 radical (unpaired) electrons. The molecule has 2 rings (SSSR count). The Labute approximate surface area is 88.4 Å². The van der Waals surface area contributed by atoms with Crippen LogP contribution in [0.5, 0.6) is 0 Å². The normalized spacial score (nSPS) is 15.2. The molecule has 2 nitrogen and oxygen atoms in total. The minimum atomic E-state index is 0.262. The highest BCUT2D eigenvalue weighted by molar-refractivity contribution is 7.11. The number of ketones is 1. The first-order valence-corrected chi connectivity index (χ1v) is 6.04. The van der Waals surface area contributed by atoms with Crippen LogP contribution in [-0.4, -0.2) is 10.8 Å². The van der Waals surface area contributed by atoms with Gasteiger partial charge in [0.2, 0.25) is 0 Å². The van der Waals surface area contributed by atoms with E-state index >= 15 is 0 Å². The first-order valence-electron chi connectivity index (χ1n) is 5.22. The molecule has 0 saturated heterocycles. The number of hydrogen-bond donors (Lipinski definition) is 0. The molecule has 3 heteroatoms. The van der Waals surface area contributed by atoms with Crippen LogP contribution in [0.1, 0.15) is 41.8 Å². The third kappa shape index (κ3) is 2.21.